The zero-order valence-corrected chi connectivity index (χ0v) is 37.6. The van der Waals surface area contributed by atoms with Crippen molar-refractivity contribution in [3.05, 3.63) is 118 Å². The Bertz CT molecular complexity index is 1990. The molecule has 0 unspecified atom stereocenters. The summed E-state index contributed by atoms with van der Waals surface area (Å²) >= 11 is 0. The lowest BCUT2D eigenvalue weighted by molar-refractivity contribution is 0.0504. The van der Waals surface area contributed by atoms with E-state index in [9.17, 15) is 0 Å². The number of ether oxygens (including phenoxy) is 10. The second-order valence-corrected chi connectivity index (χ2v) is 16.2. The number of azide groups is 1. The number of nitrogens with zero attached hydrogens (tertiary/aromatic N) is 3. The second kappa shape index (κ2) is 24.5. The Kier molecular flexibility index (Phi) is 18.9. The lowest BCUT2D eigenvalue weighted by atomic mass is 9.66. The van der Waals surface area contributed by atoms with Gasteiger partial charge in [0.2, 0.25) is 0 Å². The maximum Gasteiger partial charge on any atom is 0.188 e. The first-order valence-electron chi connectivity index (χ1n) is 21.4. The van der Waals surface area contributed by atoms with Crippen molar-refractivity contribution in [2.75, 3.05) is 75.4 Å². The van der Waals surface area contributed by atoms with E-state index in [1.165, 1.54) is 41.5 Å². The zero-order chi connectivity index (χ0) is 44.2. The number of unbranched alkanes of at least 4 members (excludes halogenated alkanes) is 5. The first-order valence-corrected chi connectivity index (χ1v) is 21.4. The number of fused-ring (bicyclic) bond motifs is 2. The van der Waals surface area contributed by atoms with Crippen LogP contribution in [0.4, 0.5) is 0 Å². The molecule has 2 aliphatic heterocycles. The Morgan fingerprint density at radius 3 is 1.50 bits per heavy atom. The summed E-state index contributed by atoms with van der Waals surface area (Å²) in [5.74, 6) is 5.47. The van der Waals surface area contributed by atoms with Gasteiger partial charge in [-0.2, -0.15) is 0 Å². The molecule has 0 fully saturated rings. The Morgan fingerprint density at radius 1 is 0.565 bits per heavy atom. The largest absolute Gasteiger partial charge is 0.492 e. The van der Waals surface area contributed by atoms with E-state index in [0.29, 0.717) is 31.6 Å². The smallest absolute Gasteiger partial charge is 0.188 e. The molecule has 0 saturated carbocycles. The fourth-order valence-corrected chi connectivity index (χ4v) is 8.22. The van der Waals surface area contributed by atoms with Crippen molar-refractivity contribution >= 4 is 0 Å². The molecule has 0 saturated heterocycles. The first-order chi connectivity index (χ1) is 30.2. The molecule has 2 heterocycles. The molecule has 0 bridgehead atoms. The summed E-state index contributed by atoms with van der Waals surface area (Å²) in [6.45, 7) is 9.49. The third-order valence-electron chi connectivity index (χ3n) is 12.1. The van der Waals surface area contributed by atoms with Gasteiger partial charge in [0.1, 0.15) is 34.5 Å². The fourth-order valence-electron chi connectivity index (χ4n) is 8.22. The van der Waals surface area contributed by atoms with Crippen molar-refractivity contribution in [1.29, 1.82) is 0 Å². The molecular weight excluding hydrogens is 791 g/mol. The van der Waals surface area contributed by atoms with Crippen LogP contribution in [0.25, 0.3) is 10.4 Å². The van der Waals surface area contributed by atoms with Crippen LogP contribution in [-0.4, -0.2) is 75.4 Å². The predicted molar refractivity (Wildman–Crippen MR) is 239 cm³/mol. The van der Waals surface area contributed by atoms with Gasteiger partial charge in [0, 0.05) is 68.8 Å². The standard InChI is InChI=1S/C28H39N3O5.C21H26O5/c1-28(22-11-13-23(14-12-22)35-20-32-2)19-34-27-18-24(36-21-33-3)15-16-25(27)26(28)10-8-6-4-5-7-9-17-30-31-29;1-15-19-10-9-18(26-14-23-4)11-20(19)24-12-21(15,2)16-5-7-17(8-6-16)25-13-22-3/h11-16,18,26H,4-10,17,19-21H2,1-3H3;5-11,15H,12-14H2,1-4H3/t26-,28-;15-,21+/m11/s1. The van der Waals surface area contributed by atoms with Crippen LogP contribution in [-0.2, 0) is 29.8 Å². The molecule has 13 heteroatoms. The molecule has 62 heavy (non-hydrogen) atoms. The Labute approximate surface area is 367 Å². The zero-order valence-electron chi connectivity index (χ0n) is 37.6. The van der Waals surface area contributed by atoms with Crippen LogP contribution in [0.15, 0.2) is 90.0 Å². The monoisotopic (exact) mass is 855 g/mol. The third-order valence-corrected chi connectivity index (χ3v) is 12.1. The van der Waals surface area contributed by atoms with Crippen LogP contribution in [0.5, 0.6) is 34.5 Å². The molecule has 2 aliphatic rings. The molecule has 0 aromatic heterocycles. The maximum absolute atomic E-state index is 8.38. The van der Waals surface area contributed by atoms with Gasteiger partial charge < -0.3 is 47.4 Å². The van der Waals surface area contributed by atoms with Gasteiger partial charge in [-0.25, -0.2) is 0 Å². The molecule has 4 aromatic carbocycles. The van der Waals surface area contributed by atoms with Crippen molar-refractivity contribution in [2.24, 2.45) is 5.11 Å². The molecular formula is C49H65N3O10. The van der Waals surface area contributed by atoms with Crippen LogP contribution < -0.4 is 28.4 Å². The van der Waals surface area contributed by atoms with E-state index in [0.717, 1.165) is 60.2 Å². The normalized spacial score (nSPS) is 19.9. The Hall–Kier alpha value is -5.17. The first kappa shape index (κ1) is 47.9. The van der Waals surface area contributed by atoms with Gasteiger partial charge in [0.25, 0.3) is 0 Å². The highest BCUT2D eigenvalue weighted by Crippen LogP contribution is 2.50. The lowest BCUT2D eigenvalue weighted by Crippen LogP contribution is -2.40. The van der Waals surface area contributed by atoms with E-state index in [1.807, 2.05) is 48.5 Å². The number of hydrogen-bond donors (Lipinski definition) is 0. The number of methoxy groups -OCH3 is 4. The summed E-state index contributed by atoms with van der Waals surface area (Å²) in [6.07, 6.45) is 7.84. The molecule has 4 aromatic rings. The van der Waals surface area contributed by atoms with E-state index in [4.69, 9.17) is 52.9 Å². The number of hydrogen-bond acceptors (Lipinski definition) is 11. The van der Waals surface area contributed by atoms with Gasteiger partial charge in [0.15, 0.2) is 27.2 Å². The summed E-state index contributed by atoms with van der Waals surface area (Å²) in [5.41, 5.74) is 13.0. The quantitative estimate of drug-likeness (QED) is 0.0233. The molecule has 13 nitrogen and oxygen atoms in total. The van der Waals surface area contributed by atoms with Crippen LogP contribution in [0.3, 0.4) is 0 Å². The molecule has 0 amide bonds. The van der Waals surface area contributed by atoms with E-state index in [1.54, 1.807) is 28.4 Å². The summed E-state index contributed by atoms with van der Waals surface area (Å²) in [4.78, 5) is 2.82. The minimum atomic E-state index is -0.170. The van der Waals surface area contributed by atoms with Gasteiger partial charge >= 0.3 is 0 Å². The second-order valence-electron chi connectivity index (χ2n) is 16.2. The number of rotatable bonds is 23. The molecule has 0 radical (unpaired) electrons. The maximum atomic E-state index is 8.38. The summed E-state index contributed by atoms with van der Waals surface area (Å²) in [7, 11) is 6.45. The van der Waals surface area contributed by atoms with E-state index in [2.05, 4.69) is 67.2 Å². The van der Waals surface area contributed by atoms with Crippen molar-refractivity contribution in [1.82, 2.24) is 0 Å². The minimum Gasteiger partial charge on any atom is -0.492 e. The van der Waals surface area contributed by atoms with Crippen LogP contribution >= 0.6 is 0 Å². The van der Waals surface area contributed by atoms with E-state index >= 15 is 0 Å². The SMILES string of the molecule is COCOc1ccc([C@@]2(C)COc3cc(OCOC)ccc3[C@H]2C)cc1.COCOc1ccc([C@@]2(C)COc3cc(OCOC)ccc3[C@H]2CCCCCCCCN=[N+]=[N-])cc1. The molecule has 336 valence electrons. The average Bonchev–Trinajstić information content (AvgIpc) is 3.30. The highest BCUT2D eigenvalue weighted by atomic mass is 16.7. The topological polar surface area (TPSA) is 141 Å². The Morgan fingerprint density at radius 2 is 0.984 bits per heavy atom. The lowest BCUT2D eigenvalue weighted by Gasteiger charge is -2.43. The van der Waals surface area contributed by atoms with Gasteiger partial charge in [-0.05, 0) is 82.9 Å². The van der Waals surface area contributed by atoms with E-state index in [-0.39, 0.29) is 38.0 Å². The third kappa shape index (κ3) is 12.7. The average molecular weight is 856 g/mol. The van der Waals surface area contributed by atoms with Crippen molar-refractivity contribution in [3.63, 3.8) is 0 Å². The Balaban J connectivity index is 0.000000246. The van der Waals surface area contributed by atoms with Gasteiger partial charge in [0.05, 0.1) is 13.2 Å². The fraction of sp³-hybridized carbons (Fsp3) is 0.510. The van der Waals surface area contributed by atoms with Crippen LogP contribution in [0.1, 0.15) is 99.8 Å². The minimum absolute atomic E-state index is 0.123. The van der Waals surface area contributed by atoms with E-state index < -0.39 is 0 Å². The molecule has 6 rings (SSSR count). The van der Waals surface area contributed by atoms with Crippen molar-refractivity contribution in [3.8, 4) is 34.5 Å². The van der Waals surface area contributed by atoms with Gasteiger partial charge in [-0.15, -0.1) is 0 Å². The van der Waals surface area contributed by atoms with Crippen LogP contribution in [0, 0.1) is 0 Å². The molecule has 4 atom stereocenters. The summed E-state index contributed by atoms with van der Waals surface area (Å²) < 4.78 is 54.6. The molecule has 0 spiro atoms. The molecule has 0 N–H and O–H groups in total. The van der Waals surface area contributed by atoms with Crippen molar-refractivity contribution in [2.45, 2.75) is 88.4 Å². The van der Waals surface area contributed by atoms with Crippen LogP contribution in [0.2, 0.25) is 0 Å². The van der Waals surface area contributed by atoms with Gasteiger partial charge in [-0.1, -0.05) is 94.4 Å². The number of benzene rings is 4. The highest BCUT2D eigenvalue weighted by molar-refractivity contribution is 5.50. The summed E-state index contributed by atoms with van der Waals surface area (Å²) in [6, 6.07) is 28.6. The van der Waals surface area contributed by atoms with Gasteiger partial charge in [-0.3, -0.25) is 0 Å². The predicted octanol–water partition coefficient (Wildman–Crippen LogP) is 11.2. The summed E-state index contributed by atoms with van der Waals surface area (Å²) in [5, 5.41) is 3.61. The molecule has 0 aliphatic carbocycles. The highest BCUT2D eigenvalue weighted by Gasteiger charge is 2.43. The van der Waals surface area contributed by atoms with Crippen molar-refractivity contribution < 1.29 is 47.4 Å².